The number of benzene rings is 1. The number of nitrogens with zero attached hydrogens (tertiary/aromatic N) is 2. The second-order valence-electron chi connectivity index (χ2n) is 11.4. The largest absolute Gasteiger partial charge is 0.481 e. The van der Waals surface area contributed by atoms with Crippen LogP contribution in [0.2, 0.25) is 5.02 Å². The Hall–Kier alpha value is -2.03. The van der Waals surface area contributed by atoms with E-state index in [4.69, 9.17) is 23.2 Å². The minimum Gasteiger partial charge on any atom is -0.481 e. The molecule has 0 spiro atoms. The third-order valence-corrected chi connectivity index (χ3v) is 8.75. The van der Waals surface area contributed by atoms with Gasteiger partial charge in [-0.15, -0.1) is 0 Å². The van der Waals surface area contributed by atoms with Crippen molar-refractivity contribution in [2.45, 2.75) is 70.1 Å². The number of hydrogen-bond acceptors (Lipinski definition) is 3. The number of rotatable bonds is 6. The summed E-state index contributed by atoms with van der Waals surface area (Å²) in [4.78, 5) is 29.3. The quantitative estimate of drug-likeness (QED) is 0.416. The predicted octanol–water partition coefficient (Wildman–Crippen LogP) is 6.62. The van der Waals surface area contributed by atoms with Crippen molar-refractivity contribution in [1.29, 1.82) is 0 Å². The van der Waals surface area contributed by atoms with Crippen LogP contribution >= 0.6 is 23.2 Å². The molecule has 38 heavy (non-hydrogen) atoms. The summed E-state index contributed by atoms with van der Waals surface area (Å²) >= 11 is 12.6. The molecule has 1 aliphatic carbocycles. The van der Waals surface area contributed by atoms with E-state index in [2.05, 4.69) is 0 Å². The van der Waals surface area contributed by atoms with Crippen molar-refractivity contribution in [2.75, 3.05) is 19.6 Å². The highest BCUT2D eigenvalue weighted by molar-refractivity contribution is 6.31. The first kappa shape index (κ1) is 29.0. The third-order valence-electron chi connectivity index (χ3n) is 8.23. The molecule has 1 aromatic carbocycles. The molecule has 2 fully saturated rings. The summed E-state index contributed by atoms with van der Waals surface area (Å²) in [6.45, 7) is 3.01. The molecule has 1 unspecified atom stereocenters. The molecule has 1 amide bonds. The Morgan fingerprint density at radius 1 is 1.24 bits per heavy atom. The summed E-state index contributed by atoms with van der Waals surface area (Å²) in [5.74, 6) is -1.71. The van der Waals surface area contributed by atoms with Crippen LogP contribution in [0.1, 0.15) is 57.4 Å². The second-order valence-corrected chi connectivity index (χ2v) is 12.3. The summed E-state index contributed by atoms with van der Waals surface area (Å²) in [6.07, 6.45) is 2.80. The number of hydrogen-bond donors (Lipinski definition) is 1. The highest BCUT2D eigenvalue weighted by Gasteiger charge is 2.56. The summed E-state index contributed by atoms with van der Waals surface area (Å²) in [5.41, 5.74) is -0.947. The Balaban J connectivity index is 1.84. The van der Waals surface area contributed by atoms with Crippen molar-refractivity contribution >= 4 is 35.1 Å². The highest BCUT2D eigenvalue weighted by atomic mass is 35.5. The van der Waals surface area contributed by atoms with Gasteiger partial charge < -0.3 is 10.0 Å². The van der Waals surface area contributed by atoms with E-state index in [1.165, 1.54) is 4.90 Å². The maximum Gasteiger partial charge on any atom is 0.401 e. The average molecular weight is 573 g/mol. The van der Waals surface area contributed by atoms with E-state index in [1.54, 1.807) is 24.0 Å². The van der Waals surface area contributed by atoms with Gasteiger partial charge in [-0.3, -0.25) is 14.5 Å². The fourth-order valence-electron chi connectivity index (χ4n) is 6.60. The van der Waals surface area contributed by atoms with Gasteiger partial charge in [-0.05, 0) is 56.0 Å². The summed E-state index contributed by atoms with van der Waals surface area (Å²) < 4.78 is 39.9. The summed E-state index contributed by atoms with van der Waals surface area (Å²) in [6, 6.07) is 6.40. The second kappa shape index (κ2) is 10.9. The summed E-state index contributed by atoms with van der Waals surface area (Å²) in [7, 11) is 0. The van der Waals surface area contributed by atoms with E-state index in [1.807, 2.05) is 37.3 Å². The van der Waals surface area contributed by atoms with Crippen LogP contribution in [-0.2, 0) is 9.59 Å². The lowest BCUT2D eigenvalue weighted by Gasteiger charge is -2.58. The van der Waals surface area contributed by atoms with Gasteiger partial charge in [0.2, 0.25) is 5.91 Å². The lowest BCUT2D eigenvalue weighted by atomic mass is 9.60. The monoisotopic (exact) mass is 572 g/mol. The molecule has 2 saturated heterocycles. The van der Waals surface area contributed by atoms with Crippen LogP contribution in [0.25, 0.3) is 0 Å². The van der Waals surface area contributed by atoms with E-state index in [0.717, 1.165) is 5.56 Å². The SMILES string of the molecule is CC1([C@@H]2[C@@H](c3cccc(Cl)c3)C[C@](C)(CC(=O)O)C(=O)N2[C@@H]2CCCN(CC(F)(F)F)C2)C=CC(Cl)=CC1. The number of aliphatic carboxylic acids is 1. The van der Waals surface area contributed by atoms with Crippen LogP contribution < -0.4 is 0 Å². The Bertz CT molecular complexity index is 1140. The van der Waals surface area contributed by atoms with Gasteiger partial charge >= 0.3 is 12.1 Å². The molecule has 4 rings (SSSR count). The van der Waals surface area contributed by atoms with Crippen LogP contribution in [0.5, 0.6) is 0 Å². The number of piperidine rings is 2. The third kappa shape index (κ3) is 6.23. The van der Waals surface area contributed by atoms with Crippen LogP contribution in [-0.4, -0.2) is 64.7 Å². The standard InChI is InChI=1S/C28H33Cl2F3N2O3/c1-26(10-8-19(29)9-11-26)24-22(18-5-3-6-20(30)13-18)14-27(2,15-23(36)37)25(38)35(24)21-7-4-12-34(16-21)17-28(31,32)33/h3,5-6,8-10,13,21-22,24H,4,7,11-12,14-17H2,1-2H3,(H,36,37)/t21-,22-,24+,26?,27-/m1/s1. The van der Waals surface area contributed by atoms with Gasteiger partial charge in [0.1, 0.15) is 0 Å². The number of carbonyl (C=O) groups is 2. The number of carboxylic acids is 1. The van der Waals surface area contributed by atoms with Crippen LogP contribution in [0, 0.1) is 10.8 Å². The predicted molar refractivity (Wildman–Crippen MR) is 141 cm³/mol. The molecular weight excluding hydrogens is 540 g/mol. The van der Waals surface area contributed by atoms with Crippen molar-refractivity contribution in [3.05, 3.63) is 58.1 Å². The Labute approximate surface area is 231 Å². The van der Waals surface area contributed by atoms with E-state index in [9.17, 15) is 27.9 Å². The zero-order valence-electron chi connectivity index (χ0n) is 21.5. The van der Waals surface area contributed by atoms with E-state index >= 15 is 0 Å². The number of allylic oxidation sites excluding steroid dienone is 3. The first-order valence-corrected chi connectivity index (χ1v) is 13.6. The van der Waals surface area contributed by atoms with Gasteiger partial charge in [0.05, 0.1) is 18.4 Å². The van der Waals surface area contributed by atoms with Gasteiger partial charge in [0, 0.05) is 40.0 Å². The van der Waals surface area contributed by atoms with Crippen LogP contribution in [0.15, 0.2) is 47.5 Å². The number of amides is 1. The number of carbonyl (C=O) groups excluding carboxylic acids is 1. The molecule has 208 valence electrons. The molecular formula is C28H33Cl2F3N2O3. The van der Waals surface area contributed by atoms with Gasteiger partial charge in [-0.25, -0.2) is 0 Å². The molecule has 5 atom stereocenters. The lowest BCUT2D eigenvalue weighted by Crippen LogP contribution is -2.66. The van der Waals surface area contributed by atoms with Crippen LogP contribution in [0.3, 0.4) is 0 Å². The molecule has 5 nitrogen and oxygen atoms in total. The maximum atomic E-state index is 14.3. The molecule has 2 heterocycles. The van der Waals surface area contributed by atoms with Crippen molar-refractivity contribution in [3.8, 4) is 0 Å². The van der Waals surface area contributed by atoms with Crippen molar-refractivity contribution < 1.29 is 27.9 Å². The molecule has 1 N–H and O–H groups in total. The summed E-state index contributed by atoms with van der Waals surface area (Å²) in [5, 5.41) is 10.9. The Kier molecular flexibility index (Phi) is 8.27. The lowest BCUT2D eigenvalue weighted by molar-refractivity contribution is -0.169. The Morgan fingerprint density at radius 3 is 2.58 bits per heavy atom. The smallest absolute Gasteiger partial charge is 0.401 e. The van der Waals surface area contributed by atoms with Gasteiger partial charge in [0.25, 0.3) is 0 Å². The Morgan fingerprint density at radius 2 is 1.97 bits per heavy atom. The molecule has 0 saturated carbocycles. The molecule has 0 bridgehead atoms. The maximum absolute atomic E-state index is 14.3. The van der Waals surface area contributed by atoms with Crippen molar-refractivity contribution in [2.24, 2.45) is 10.8 Å². The van der Waals surface area contributed by atoms with Crippen molar-refractivity contribution in [1.82, 2.24) is 9.80 Å². The van der Waals surface area contributed by atoms with Gasteiger partial charge in [0.15, 0.2) is 0 Å². The van der Waals surface area contributed by atoms with Gasteiger partial charge in [-0.2, -0.15) is 13.2 Å². The number of carboxylic acid groups (broad SMARTS) is 1. The fourth-order valence-corrected chi connectivity index (χ4v) is 6.94. The molecule has 10 heteroatoms. The van der Waals surface area contributed by atoms with E-state index in [0.29, 0.717) is 35.9 Å². The zero-order valence-corrected chi connectivity index (χ0v) is 23.0. The highest BCUT2D eigenvalue weighted by Crippen LogP contribution is 2.53. The number of likely N-dealkylation sites (tertiary alicyclic amines) is 2. The zero-order chi connectivity index (χ0) is 27.9. The molecule has 1 aromatic rings. The minimum atomic E-state index is -4.35. The number of halogens is 5. The average Bonchev–Trinajstić information content (AvgIpc) is 2.81. The minimum absolute atomic E-state index is 0.0730. The molecule has 0 aromatic heterocycles. The number of alkyl halides is 3. The fraction of sp³-hybridized carbons (Fsp3) is 0.571. The first-order chi connectivity index (χ1) is 17.7. The first-order valence-electron chi connectivity index (χ1n) is 12.8. The van der Waals surface area contributed by atoms with E-state index in [-0.39, 0.29) is 31.2 Å². The van der Waals surface area contributed by atoms with Gasteiger partial charge in [-0.1, -0.05) is 61.3 Å². The normalized spacial score (nSPS) is 32.8. The molecule has 0 radical (unpaired) electrons. The van der Waals surface area contributed by atoms with E-state index < -0.39 is 41.6 Å². The molecule has 2 aliphatic heterocycles. The topological polar surface area (TPSA) is 60.9 Å². The van der Waals surface area contributed by atoms with Crippen LogP contribution in [0.4, 0.5) is 13.2 Å². The molecule has 3 aliphatic rings. The van der Waals surface area contributed by atoms with Crippen molar-refractivity contribution in [3.63, 3.8) is 0 Å².